The highest BCUT2D eigenvalue weighted by Crippen LogP contribution is 2.37. The molecular formula is C27H33N5O2. The zero-order chi connectivity index (χ0) is 23.5. The molecule has 2 aliphatic rings. The Morgan fingerprint density at radius 1 is 0.971 bits per heavy atom. The van der Waals surface area contributed by atoms with Gasteiger partial charge in [-0.3, -0.25) is 19.8 Å². The van der Waals surface area contributed by atoms with Crippen LogP contribution in [0.5, 0.6) is 0 Å². The second-order valence-electron chi connectivity index (χ2n) is 9.69. The largest absolute Gasteiger partial charge is 0.369 e. The van der Waals surface area contributed by atoms with E-state index in [1.807, 2.05) is 18.2 Å². The number of likely N-dealkylation sites (tertiary alicyclic amines) is 1. The monoisotopic (exact) mass is 459 g/mol. The maximum absolute atomic E-state index is 13.0. The van der Waals surface area contributed by atoms with Gasteiger partial charge < -0.3 is 10.3 Å². The number of amides is 2. The highest BCUT2D eigenvalue weighted by atomic mass is 16.2. The molecule has 7 nitrogen and oxygen atoms in total. The first kappa shape index (κ1) is 22.6. The van der Waals surface area contributed by atoms with Crippen molar-refractivity contribution >= 4 is 28.8 Å². The number of nitrogens with one attached hydrogen (secondary N) is 1. The lowest BCUT2D eigenvalue weighted by atomic mass is 9.85. The van der Waals surface area contributed by atoms with Gasteiger partial charge in [0.2, 0.25) is 11.9 Å². The number of fused-ring (bicyclic) bond motifs is 1. The first-order valence-corrected chi connectivity index (χ1v) is 12.5. The Morgan fingerprint density at radius 3 is 2.41 bits per heavy atom. The summed E-state index contributed by atoms with van der Waals surface area (Å²) in [7, 11) is 0. The van der Waals surface area contributed by atoms with E-state index in [-0.39, 0.29) is 23.8 Å². The molecule has 3 aromatic rings. The molecule has 2 fully saturated rings. The number of benzene rings is 2. The van der Waals surface area contributed by atoms with Crippen LogP contribution in [0.15, 0.2) is 48.5 Å². The van der Waals surface area contributed by atoms with Crippen LogP contribution in [0.2, 0.25) is 0 Å². The number of imidazole rings is 1. The summed E-state index contributed by atoms with van der Waals surface area (Å²) in [5.41, 5.74) is 9.36. The quantitative estimate of drug-likeness (QED) is 0.568. The number of hydrogen-bond acceptors (Lipinski definition) is 4. The third-order valence-corrected chi connectivity index (χ3v) is 7.33. The number of piperidine rings is 1. The molecule has 5 rings (SSSR count). The highest BCUT2D eigenvalue weighted by Gasteiger charge is 2.29. The zero-order valence-electron chi connectivity index (χ0n) is 19.6. The smallest absolute Gasteiger partial charge is 0.257 e. The van der Waals surface area contributed by atoms with Crippen LogP contribution < -0.4 is 11.1 Å². The molecule has 7 heteroatoms. The van der Waals surface area contributed by atoms with Crippen molar-refractivity contribution in [2.75, 3.05) is 18.4 Å². The van der Waals surface area contributed by atoms with Crippen LogP contribution in [0.3, 0.4) is 0 Å². The summed E-state index contributed by atoms with van der Waals surface area (Å²) >= 11 is 0. The molecule has 1 aromatic heterocycles. The van der Waals surface area contributed by atoms with Crippen molar-refractivity contribution in [2.45, 2.75) is 57.5 Å². The van der Waals surface area contributed by atoms with E-state index in [2.05, 4.69) is 33.0 Å². The van der Waals surface area contributed by atoms with E-state index >= 15 is 0 Å². The maximum atomic E-state index is 13.0. The van der Waals surface area contributed by atoms with Gasteiger partial charge in [0, 0.05) is 24.1 Å². The second-order valence-corrected chi connectivity index (χ2v) is 9.69. The SMILES string of the molecule is NC(=O)C1CCC(n2c(NC(=O)c3ccccc3)nc3ccc(CN4CCCCC4)cc32)CC1. The number of carbonyl (C=O) groups is 2. The standard InChI is InChI=1S/C27H33N5O2/c28-25(33)20-10-12-22(13-11-20)32-24-17-19(18-31-15-5-2-6-16-31)9-14-23(24)29-27(32)30-26(34)21-7-3-1-4-8-21/h1,3-4,7-9,14,17,20,22H,2,5-6,10-13,15-16,18H2,(H2,28,33)(H,29,30,34). The highest BCUT2D eigenvalue weighted by molar-refractivity contribution is 6.04. The fourth-order valence-electron chi connectivity index (χ4n) is 5.45. The number of hydrogen-bond donors (Lipinski definition) is 2. The fourth-order valence-corrected chi connectivity index (χ4v) is 5.45. The first-order chi connectivity index (χ1) is 16.6. The Hall–Kier alpha value is -3.19. The van der Waals surface area contributed by atoms with Crippen LogP contribution in [-0.2, 0) is 11.3 Å². The molecule has 2 heterocycles. The Bertz CT molecular complexity index is 1160. The van der Waals surface area contributed by atoms with Gasteiger partial charge in [-0.1, -0.05) is 30.7 Å². The van der Waals surface area contributed by atoms with E-state index in [1.165, 1.54) is 24.8 Å². The van der Waals surface area contributed by atoms with Gasteiger partial charge in [0.25, 0.3) is 5.91 Å². The van der Waals surface area contributed by atoms with E-state index in [1.54, 1.807) is 12.1 Å². The third-order valence-electron chi connectivity index (χ3n) is 7.33. The van der Waals surface area contributed by atoms with E-state index in [0.29, 0.717) is 11.5 Å². The summed E-state index contributed by atoms with van der Waals surface area (Å²) in [6.07, 6.45) is 7.05. The van der Waals surface area contributed by atoms with Crippen LogP contribution in [0, 0.1) is 5.92 Å². The number of anilines is 1. The van der Waals surface area contributed by atoms with Crippen LogP contribution in [-0.4, -0.2) is 39.4 Å². The molecule has 1 saturated heterocycles. The number of nitrogens with zero attached hydrogens (tertiary/aromatic N) is 3. The molecule has 0 atom stereocenters. The lowest BCUT2D eigenvalue weighted by Crippen LogP contribution is -2.29. The lowest BCUT2D eigenvalue weighted by Gasteiger charge is -2.29. The van der Waals surface area contributed by atoms with Crippen LogP contribution in [0.25, 0.3) is 11.0 Å². The average Bonchev–Trinajstić information content (AvgIpc) is 3.22. The number of carbonyl (C=O) groups excluding carboxylic acids is 2. The molecule has 34 heavy (non-hydrogen) atoms. The number of aromatic nitrogens is 2. The summed E-state index contributed by atoms with van der Waals surface area (Å²) in [5, 5.41) is 3.06. The van der Waals surface area contributed by atoms with Gasteiger partial charge in [0.05, 0.1) is 11.0 Å². The number of rotatable bonds is 6. The van der Waals surface area contributed by atoms with Crippen LogP contribution in [0.4, 0.5) is 5.95 Å². The van der Waals surface area contributed by atoms with Gasteiger partial charge in [0.1, 0.15) is 0 Å². The summed E-state index contributed by atoms with van der Waals surface area (Å²) in [5.74, 6) is 0.122. The minimum Gasteiger partial charge on any atom is -0.369 e. The van der Waals surface area contributed by atoms with Crippen molar-refractivity contribution in [3.8, 4) is 0 Å². The third kappa shape index (κ3) is 4.85. The van der Waals surface area contributed by atoms with Crippen molar-refractivity contribution in [1.82, 2.24) is 14.5 Å². The van der Waals surface area contributed by atoms with E-state index < -0.39 is 0 Å². The van der Waals surface area contributed by atoms with Crippen molar-refractivity contribution in [3.05, 3.63) is 59.7 Å². The second kappa shape index (κ2) is 9.97. The lowest BCUT2D eigenvalue weighted by molar-refractivity contribution is -0.122. The molecule has 1 saturated carbocycles. The molecular weight excluding hydrogens is 426 g/mol. The summed E-state index contributed by atoms with van der Waals surface area (Å²) < 4.78 is 2.19. The van der Waals surface area contributed by atoms with Crippen molar-refractivity contribution < 1.29 is 9.59 Å². The predicted octanol–water partition coefficient (Wildman–Crippen LogP) is 4.49. The summed E-state index contributed by atoms with van der Waals surface area (Å²) in [6, 6.07) is 15.8. The Labute approximate surface area is 200 Å². The molecule has 0 unspecified atom stereocenters. The van der Waals surface area contributed by atoms with Gasteiger partial charge >= 0.3 is 0 Å². The molecule has 178 valence electrons. The minimum absolute atomic E-state index is 0.0666. The fraction of sp³-hybridized carbons (Fsp3) is 0.444. The molecule has 2 aromatic carbocycles. The molecule has 2 amide bonds. The Balaban J connectivity index is 1.47. The van der Waals surface area contributed by atoms with E-state index in [9.17, 15) is 9.59 Å². The molecule has 0 spiro atoms. The first-order valence-electron chi connectivity index (χ1n) is 12.5. The number of nitrogens with two attached hydrogens (primary N) is 1. The zero-order valence-corrected chi connectivity index (χ0v) is 19.6. The summed E-state index contributed by atoms with van der Waals surface area (Å²) in [6.45, 7) is 3.22. The van der Waals surface area contributed by atoms with Gasteiger partial charge in [-0.05, 0) is 81.4 Å². The van der Waals surface area contributed by atoms with Crippen molar-refractivity contribution in [1.29, 1.82) is 0 Å². The van der Waals surface area contributed by atoms with Crippen molar-refractivity contribution in [2.24, 2.45) is 11.7 Å². The maximum Gasteiger partial charge on any atom is 0.257 e. The van der Waals surface area contributed by atoms with Crippen LogP contribution in [0.1, 0.15) is 66.9 Å². The molecule has 3 N–H and O–H groups in total. The van der Waals surface area contributed by atoms with Gasteiger partial charge in [-0.25, -0.2) is 4.98 Å². The van der Waals surface area contributed by atoms with Crippen LogP contribution >= 0.6 is 0 Å². The predicted molar refractivity (Wildman–Crippen MR) is 133 cm³/mol. The Morgan fingerprint density at radius 2 is 1.71 bits per heavy atom. The minimum atomic E-state index is -0.213. The summed E-state index contributed by atoms with van der Waals surface area (Å²) in [4.78, 5) is 32.0. The van der Waals surface area contributed by atoms with Gasteiger partial charge in [-0.2, -0.15) is 0 Å². The van der Waals surface area contributed by atoms with Gasteiger partial charge in [-0.15, -0.1) is 0 Å². The molecule has 1 aliphatic heterocycles. The van der Waals surface area contributed by atoms with Gasteiger partial charge in [0.15, 0.2) is 0 Å². The topological polar surface area (TPSA) is 93.2 Å². The molecule has 0 radical (unpaired) electrons. The van der Waals surface area contributed by atoms with E-state index in [0.717, 1.165) is 56.4 Å². The van der Waals surface area contributed by atoms with Crippen molar-refractivity contribution in [3.63, 3.8) is 0 Å². The number of primary amides is 1. The normalized spacial score (nSPS) is 21.4. The Kier molecular flexibility index (Phi) is 6.63. The molecule has 0 bridgehead atoms. The average molecular weight is 460 g/mol. The molecule has 1 aliphatic carbocycles. The van der Waals surface area contributed by atoms with E-state index in [4.69, 9.17) is 10.7 Å².